The van der Waals surface area contributed by atoms with E-state index in [9.17, 15) is 4.79 Å². The van der Waals surface area contributed by atoms with Gasteiger partial charge in [0.05, 0.1) is 17.9 Å². The Hall–Kier alpha value is -1.55. The van der Waals surface area contributed by atoms with Crippen molar-refractivity contribution in [2.24, 2.45) is 7.05 Å². The number of halogens is 1. The Morgan fingerprint density at radius 1 is 1.56 bits per heavy atom. The van der Waals surface area contributed by atoms with Gasteiger partial charge in [-0.25, -0.2) is 0 Å². The lowest BCUT2D eigenvalue weighted by atomic mass is 10.2. The molecule has 0 aliphatic carbocycles. The molecule has 0 aliphatic heterocycles. The molecule has 2 rings (SSSR count). The summed E-state index contributed by atoms with van der Waals surface area (Å²) in [6.45, 7) is 2.48. The summed E-state index contributed by atoms with van der Waals surface area (Å²) in [5.74, 6) is 0. The van der Waals surface area contributed by atoms with Crippen LogP contribution in [-0.2, 0) is 13.6 Å². The molecule has 0 spiro atoms. The minimum atomic E-state index is 0.569. The SMILES string of the molecule is Cc1nn(C)c(Cl)c1Cn1cccc1C=O. The van der Waals surface area contributed by atoms with Crippen molar-refractivity contribution in [2.45, 2.75) is 13.5 Å². The summed E-state index contributed by atoms with van der Waals surface area (Å²) in [6, 6.07) is 3.61. The van der Waals surface area contributed by atoms with Crippen LogP contribution in [0.4, 0.5) is 0 Å². The predicted molar refractivity (Wildman–Crippen MR) is 61.9 cm³/mol. The van der Waals surface area contributed by atoms with E-state index in [-0.39, 0.29) is 0 Å². The molecule has 0 amide bonds. The van der Waals surface area contributed by atoms with Crippen LogP contribution in [0.1, 0.15) is 21.7 Å². The highest BCUT2D eigenvalue weighted by Gasteiger charge is 2.12. The first kappa shape index (κ1) is 11.0. The lowest BCUT2D eigenvalue weighted by molar-refractivity contribution is 0.111. The van der Waals surface area contributed by atoms with Gasteiger partial charge in [0.15, 0.2) is 6.29 Å². The number of hydrogen-bond acceptors (Lipinski definition) is 2. The fourth-order valence-corrected chi connectivity index (χ4v) is 1.94. The van der Waals surface area contributed by atoms with E-state index >= 15 is 0 Å². The van der Waals surface area contributed by atoms with Crippen LogP contribution in [0.3, 0.4) is 0 Å². The van der Waals surface area contributed by atoms with Gasteiger partial charge in [-0.3, -0.25) is 9.48 Å². The Labute approximate surface area is 98.4 Å². The van der Waals surface area contributed by atoms with Crippen molar-refractivity contribution in [1.82, 2.24) is 14.3 Å². The topological polar surface area (TPSA) is 39.8 Å². The molecule has 2 aromatic rings. The quantitative estimate of drug-likeness (QED) is 0.767. The number of aryl methyl sites for hydroxylation is 2. The summed E-state index contributed by atoms with van der Waals surface area (Å²) in [5.41, 5.74) is 2.47. The molecular formula is C11H12ClN3O. The molecule has 0 saturated heterocycles. The molecule has 0 unspecified atom stereocenters. The Balaban J connectivity index is 2.37. The van der Waals surface area contributed by atoms with Crippen molar-refractivity contribution in [2.75, 3.05) is 0 Å². The Morgan fingerprint density at radius 3 is 2.88 bits per heavy atom. The molecule has 0 N–H and O–H groups in total. The van der Waals surface area contributed by atoms with Gasteiger partial charge in [0.25, 0.3) is 0 Å². The molecule has 2 heterocycles. The van der Waals surface area contributed by atoms with Gasteiger partial charge in [0, 0.05) is 18.8 Å². The summed E-state index contributed by atoms with van der Waals surface area (Å²) < 4.78 is 3.49. The zero-order valence-corrected chi connectivity index (χ0v) is 9.90. The van der Waals surface area contributed by atoms with Crippen LogP contribution in [-0.4, -0.2) is 20.6 Å². The maximum atomic E-state index is 10.8. The second-order valence-corrected chi connectivity index (χ2v) is 4.02. The number of rotatable bonds is 3. The fraction of sp³-hybridized carbons (Fsp3) is 0.273. The molecule has 0 bridgehead atoms. The van der Waals surface area contributed by atoms with Crippen LogP contribution in [0.2, 0.25) is 5.15 Å². The summed E-state index contributed by atoms with van der Waals surface area (Å²) in [6.07, 6.45) is 2.69. The molecular weight excluding hydrogens is 226 g/mol. The number of aldehydes is 1. The molecule has 2 aromatic heterocycles. The third-order valence-corrected chi connectivity index (χ3v) is 3.06. The van der Waals surface area contributed by atoms with Gasteiger partial charge < -0.3 is 4.57 Å². The minimum Gasteiger partial charge on any atom is -0.341 e. The fourth-order valence-electron chi connectivity index (χ4n) is 1.70. The van der Waals surface area contributed by atoms with Gasteiger partial charge in [-0.2, -0.15) is 5.10 Å². The normalized spacial score (nSPS) is 10.7. The summed E-state index contributed by atoms with van der Waals surface area (Å²) in [4.78, 5) is 10.8. The first-order valence-corrected chi connectivity index (χ1v) is 5.29. The monoisotopic (exact) mass is 237 g/mol. The van der Waals surface area contributed by atoms with Gasteiger partial charge >= 0.3 is 0 Å². The molecule has 16 heavy (non-hydrogen) atoms. The second-order valence-electron chi connectivity index (χ2n) is 3.66. The largest absolute Gasteiger partial charge is 0.341 e. The van der Waals surface area contributed by atoms with E-state index in [2.05, 4.69) is 5.10 Å². The van der Waals surface area contributed by atoms with E-state index in [4.69, 9.17) is 11.6 Å². The van der Waals surface area contributed by atoms with Gasteiger partial charge in [-0.1, -0.05) is 11.6 Å². The average Bonchev–Trinajstić information content (AvgIpc) is 2.79. The van der Waals surface area contributed by atoms with Crippen molar-refractivity contribution in [3.63, 3.8) is 0 Å². The van der Waals surface area contributed by atoms with Crippen LogP contribution in [0, 0.1) is 6.92 Å². The van der Waals surface area contributed by atoms with Crippen LogP contribution in [0.5, 0.6) is 0 Å². The third-order valence-electron chi connectivity index (χ3n) is 2.58. The number of carbonyl (C=O) groups excluding carboxylic acids is 1. The average molecular weight is 238 g/mol. The molecule has 5 heteroatoms. The van der Waals surface area contributed by atoms with E-state index in [0.29, 0.717) is 17.4 Å². The number of aromatic nitrogens is 3. The molecule has 0 aliphatic rings. The zero-order chi connectivity index (χ0) is 11.7. The smallest absolute Gasteiger partial charge is 0.166 e. The predicted octanol–water partition coefficient (Wildman–Crippen LogP) is 2.04. The van der Waals surface area contributed by atoms with Gasteiger partial charge in [0.1, 0.15) is 5.15 Å². The number of hydrogen-bond donors (Lipinski definition) is 0. The Morgan fingerprint density at radius 2 is 2.31 bits per heavy atom. The number of carbonyl (C=O) groups is 1. The Kier molecular flexibility index (Phi) is 2.83. The Bertz CT molecular complexity index is 527. The van der Waals surface area contributed by atoms with Crippen molar-refractivity contribution < 1.29 is 4.79 Å². The van der Waals surface area contributed by atoms with Gasteiger partial charge in [0.2, 0.25) is 0 Å². The van der Waals surface area contributed by atoms with Crippen LogP contribution in [0.15, 0.2) is 18.3 Å². The molecule has 84 valence electrons. The second kappa shape index (κ2) is 4.14. The molecule has 0 atom stereocenters. The lowest BCUT2D eigenvalue weighted by Gasteiger charge is -2.04. The van der Waals surface area contributed by atoms with Crippen LogP contribution >= 0.6 is 11.6 Å². The summed E-state index contributed by atoms with van der Waals surface area (Å²) in [5, 5.41) is 4.84. The van der Waals surface area contributed by atoms with Crippen LogP contribution < -0.4 is 0 Å². The highest BCUT2D eigenvalue weighted by molar-refractivity contribution is 6.30. The third kappa shape index (κ3) is 1.76. The number of nitrogens with zero attached hydrogens (tertiary/aromatic N) is 3. The minimum absolute atomic E-state index is 0.569. The van der Waals surface area contributed by atoms with E-state index in [1.807, 2.05) is 23.8 Å². The van der Waals surface area contributed by atoms with Crippen molar-refractivity contribution in [3.05, 3.63) is 40.4 Å². The van der Waals surface area contributed by atoms with E-state index < -0.39 is 0 Å². The molecule has 4 nitrogen and oxygen atoms in total. The van der Waals surface area contributed by atoms with Gasteiger partial charge in [-0.05, 0) is 19.1 Å². The van der Waals surface area contributed by atoms with Crippen molar-refractivity contribution >= 4 is 17.9 Å². The maximum absolute atomic E-state index is 10.8. The molecule has 0 radical (unpaired) electrons. The van der Waals surface area contributed by atoms with E-state index in [1.54, 1.807) is 17.8 Å². The first-order chi connectivity index (χ1) is 7.63. The van der Waals surface area contributed by atoms with Crippen molar-refractivity contribution in [3.8, 4) is 0 Å². The highest BCUT2D eigenvalue weighted by Crippen LogP contribution is 2.20. The van der Waals surface area contributed by atoms with Crippen LogP contribution in [0.25, 0.3) is 0 Å². The summed E-state index contributed by atoms with van der Waals surface area (Å²) in [7, 11) is 1.80. The molecule has 0 aromatic carbocycles. The molecule has 0 saturated carbocycles. The standard InChI is InChI=1S/C11H12ClN3O/c1-8-10(11(12)14(2)13-8)6-15-5-3-4-9(15)7-16/h3-5,7H,6H2,1-2H3. The van der Waals surface area contributed by atoms with E-state index in [1.165, 1.54) is 0 Å². The van der Waals surface area contributed by atoms with Crippen molar-refractivity contribution in [1.29, 1.82) is 0 Å². The van der Waals surface area contributed by atoms with E-state index in [0.717, 1.165) is 17.5 Å². The highest BCUT2D eigenvalue weighted by atomic mass is 35.5. The van der Waals surface area contributed by atoms with Gasteiger partial charge in [-0.15, -0.1) is 0 Å². The zero-order valence-electron chi connectivity index (χ0n) is 9.14. The molecule has 0 fully saturated rings. The lowest BCUT2D eigenvalue weighted by Crippen LogP contribution is -2.03. The summed E-state index contributed by atoms with van der Waals surface area (Å²) >= 11 is 6.13. The maximum Gasteiger partial charge on any atom is 0.166 e. The first-order valence-electron chi connectivity index (χ1n) is 4.91.